The van der Waals surface area contributed by atoms with Gasteiger partial charge in [0.1, 0.15) is 5.54 Å². The van der Waals surface area contributed by atoms with Crippen molar-refractivity contribution in [2.24, 2.45) is 5.73 Å². The van der Waals surface area contributed by atoms with Crippen LogP contribution in [-0.2, 0) is 5.54 Å². The zero-order valence-electron chi connectivity index (χ0n) is 10.4. The highest BCUT2D eigenvalue weighted by Crippen LogP contribution is 2.59. The number of aromatic nitrogens is 1. The van der Waals surface area contributed by atoms with Crippen LogP contribution in [0.3, 0.4) is 0 Å². The monoisotopic (exact) mass is 273 g/mol. The van der Waals surface area contributed by atoms with Crippen molar-refractivity contribution >= 4 is 16.5 Å². The SMILES string of the molecule is Cc1nc(N2CCCCC2)sc1C1(N)CC1(F)F. The van der Waals surface area contributed by atoms with E-state index in [4.69, 9.17) is 5.73 Å². The Labute approximate surface area is 109 Å². The topological polar surface area (TPSA) is 42.2 Å². The number of nitrogens with zero attached hydrogens (tertiary/aromatic N) is 2. The number of alkyl halides is 2. The molecule has 0 aromatic carbocycles. The molecule has 0 radical (unpaired) electrons. The molecule has 0 bridgehead atoms. The second-order valence-electron chi connectivity index (χ2n) is 5.31. The van der Waals surface area contributed by atoms with E-state index in [0.717, 1.165) is 31.1 Å². The minimum Gasteiger partial charge on any atom is -0.348 e. The Bertz CT molecular complexity index is 468. The molecule has 1 aromatic rings. The number of anilines is 1. The second kappa shape index (κ2) is 3.87. The van der Waals surface area contributed by atoms with Crippen molar-refractivity contribution in [3.05, 3.63) is 10.6 Å². The van der Waals surface area contributed by atoms with Crippen molar-refractivity contribution in [3.63, 3.8) is 0 Å². The quantitative estimate of drug-likeness (QED) is 0.900. The Morgan fingerprint density at radius 3 is 2.44 bits per heavy atom. The summed E-state index contributed by atoms with van der Waals surface area (Å²) < 4.78 is 26.7. The molecule has 1 saturated heterocycles. The molecule has 1 atom stereocenters. The highest BCUT2D eigenvalue weighted by atomic mass is 32.1. The molecule has 0 spiro atoms. The van der Waals surface area contributed by atoms with Crippen LogP contribution in [0.25, 0.3) is 0 Å². The van der Waals surface area contributed by atoms with E-state index in [1.807, 2.05) is 0 Å². The van der Waals surface area contributed by atoms with Crippen LogP contribution in [0.5, 0.6) is 0 Å². The molecule has 1 aliphatic heterocycles. The minimum atomic E-state index is -2.76. The average Bonchev–Trinajstić information content (AvgIpc) is 2.70. The van der Waals surface area contributed by atoms with Crippen LogP contribution in [0.1, 0.15) is 36.3 Å². The van der Waals surface area contributed by atoms with Crippen LogP contribution in [-0.4, -0.2) is 24.0 Å². The van der Waals surface area contributed by atoms with Crippen molar-refractivity contribution in [2.45, 2.75) is 44.1 Å². The average molecular weight is 273 g/mol. The highest BCUT2D eigenvalue weighted by molar-refractivity contribution is 7.16. The first kappa shape index (κ1) is 12.3. The molecule has 1 aromatic heterocycles. The van der Waals surface area contributed by atoms with Crippen molar-refractivity contribution < 1.29 is 8.78 Å². The molecule has 18 heavy (non-hydrogen) atoms. The third-order valence-electron chi connectivity index (χ3n) is 3.85. The van der Waals surface area contributed by atoms with E-state index in [-0.39, 0.29) is 6.42 Å². The summed E-state index contributed by atoms with van der Waals surface area (Å²) in [6, 6.07) is 0. The summed E-state index contributed by atoms with van der Waals surface area (Å²) in [4.78, 5) is 7.19. The number of piperidine rings is 1. The van der Waals surface area contributed by atoms with Gasteiger partial charge in [0, 0.05) is 19.5 Å². The lowest BCUT2D eigenvalue weighted by Crippen LogP contribution is -2.29. The Kier molecular flexibility index (Phi) is 2.64. The fourth-order valence-corrected chi connectivity index (χ4v) is 3.84. The molecule has 2 N–H and O–H groups in total. The van der Waals surface area contributed by atoms with Crippen molar-refractivity contribution in [3.8, 4) is 0 Å². The summed E-state index contributed by atoms with van der Waals surface area (Å²) in [5.41, 5.74) is 5.00. The molecule has 0 amide bonds. The van der Waals surface area contributed by atoms with Gasteiger partial charge in [-0.3, -0.25) is 0 Å². The van der Waals surface area contributed by atoms with Crippen LogP contribution < -0.4 is 10.6 Å². The summed E-state index contributed by atoms with van der Waals surface area (Å²) in [7, 11) is 0. The minimum absolute atomic E-state index is 0.248. The molecule has 6 heteroatoms. The van der Waals surface area contributed by atoms with Gasteiger partial charge in [0.15, 0.2) is 5.13 Å². The molecule has 3 rings (SSSR count). The zero-order chi connectivity index (χ0) is 13.0. The lowest BCUT2D eigenvalue weighted by molar-refractivity contribution is 0.0897. The summed E-state index contributed by atoms with van der Waals surface area (Å²) in [6.45, 7) is 3.73. The number of nitrogens with two attached hydrogens (primary N) is 1. The Balaban J connectivity index is 1.87. The highest BCUT2D eigenvalue weighted by Gasteiger charge is 2.71. The van der Waals surface area contributed by atoms with E-state index in [1.54, 1.807) is 6.92 Å². The Hall–Kier alpha value is -0.750. The fraction of sp³-hybridized carbons (Fsp3) is 0.750. The summed E-state index contributed by atoms with van der Waals surface area (Å²) in [5.74, 6) is -2.76. The number of rotatable bonds is 2. The number of hydrogen-bond acceptors (Lipinski definition) is 4. The lowest BCUT2D eigenvalue weighted by atomic mass is 10.1. The van der Waals surface area contributed by atoms with Gasteiger partial charge < -0.3 is 10.6 Å². The number of thiazole rings is 1. The van der Waals surface area contributed by atoms with Crippen molar-refractivity contribution in [2.75, 3.05) is 18.0 Å². The molecule has 2 fully saturated rings. The predicted molar refractivity (Wildman–Crippen MR) is 68.3 cm³/mol. The first-order chi connectivity index (χ1) is 8.44. The van der Waals surface area contributed by atoms with Gasteiger partial charge in [0.2, 0.25) is 0 Å². The van der Waals surface area contributed by atoms with E-state index >= 15 is 0 Å². The fourth-order valence-electron chi connectivity index (χ4n) is 2.57. The zero-order valence-corrected chi connectivity index (χ0v) is 11.2. The number of aryl methyl sites for hydroxylation is 1. The first-order valence-corrected chi connectivity index (χ1v) is 7.15. The normalized spacial score (nSPS) is 30.6. The van der Waals surface area contributed by atoms with E-state index in [2.05, 4.69) is 9.88 Å². The molecule has 2 heterocycles. The third-order valence-corrected chi connectivity index (χ3v) is 5.24. The van der Waals surface area contributed by atoms with Crippen LogP contribution in [0.4, 0.5) is 13.9 Å². The molecular weight excluding hydrogens is 256 g/mol. The number of halogens is 2. The van der Waals surface area contributed by atoms with Crippen LogP contribution in [0, 0.1) is 6.92 Å². The molecular formula is C12H17F2N3S. The van der Waals surface area contributed by atoms with Gasteiger partial charge in [0.05, 0.1) is 10.6 Å². The van der Waals surface area contributed by atoms with Gasteiger partial charge in [-0.05, 0) is 26.2 Å². The van der Waals surface area contributed by atoms with E-state index < -0.39 is 11.5 Å². The Morgan fingerprint density at radius 2 is 1.89 bits per heavy atom. The summed E-state index contributed by atoms with van der Waals surface area (Å²) >= 11 is 1.35. The standard InChI is InChI=1S/C12H17F2N3S/c1-8-9(11(15)7-12(11,13)14)18-10(16-8)17-5-3-2-4-6-17/h2-7,15H2,1H3. The smallest absolute Gasteiger partial charge is 0.273 e. The largest absolute Gasteiger partial charge is 0.348 e. The first-order valence-electron chi connectivity index (χ1n) is 6.34. The lowest BCUT2D eigenvalue weighted by Gasteiger charge is -2.25. The van der Waals surface area contributed by atoms with Gasteiger partial charge in [-0.15, -0.1) is 0 Å². The van der Waals surface area contributed by atoms with Gasteiger partial charge in [-0.2, -0.15) is 0 Å². The second-order valence-corrected chi connectivity index (χ2v) is 6.29. The van der Waals surface area contributed by atoms with E-state index in [0.29, 0.717) is 10.6 Å². The van der Waals surface area contributed by atoms with Crippen molar-refractivity contribution in [1.82, 2.24) is 4.98 Å². The van der Waals surface area contributed by atoms with E-state index in [9.17, 15) is 8.78 Å². The van der Waals surface area contributed by atoms with Gasteiger partial charge in [-0.25, -0.2) is 13.8 Å². The molecule has 1 unspecified atom stereocenters. The third kappa shape index (κ3) is 1.73. The maximum Gasteiger partial charge on any atom is 0.273 e. The molecule has 1 aliphatic carbocycles. The molecule has 1 saturated carbocycles. The van der Waals surface area contributed by atoms with Gasteiger partial charge >= 0.3 is 0 Å². The predicted octanol–water partition coefficient (Wildman–Crippen LogP) is 2.63. The maximum atomic E-state index is 13.3. The maximum absolute atomic E-state index is 13.3. The summed E-state index contributed by atoms with van der Waals surface area (Å²) in [6.07, 6.45) is 3.30. The van der Waals surface area contributed by atoms with Gasteiger partial charge in [-0.1, -0.05) is 11.3 Å². The Morgan fingerprint density at radius 1 is 1.28 bits per heavy atom. The van der Waals surface area contributed by atoms with Crippen LogP contribution >= 0.6 is 11.3 Å². The molecule has 100 valence electrons. The van der Waals surface area contributed by atoms with Gasteiger partial charge in [0.25, 0.3) is 5.92 Å². The van der Waals surface area contributed by atoms with Crippen LogP contribution in [0.2, 0.25) is 0 Å². The molecule has 2 aliphatic rings. The van der Waals surface area contributed by atoms with Crippen LogP contribution in [0.15, 0.2) is 0 Å². The van der Waals surface area contributed by atoms with Crippen molar-refractivity contribution in [1.29, 1.82) is 0 Å². The summed E-state index contributed by atoms with van der Waals surface area (Å²) in [5, 5.41) is 0.856. The van der Waals surface area contributed by atoms with E-state index in [1.165, 1.54) is 17.8 Å². The number of hydrogen-bond donors (Lipinski definition) is 1. The molecule has 3 nitrogen and oxygen atoms in total.